The fourth-order valence-electron chi connectivity index (χ4n) is 2.26. The molecule has 0 aromatic carbocycles. The van der Waals surface area contributed by atoms with E-state index in [0.717, 1.165) is 5.71 Å². The predicted octanol–water partition coefficient (Wildman–Crippen LogP) is 1.00. The van der Waals surface area contributed by atoms with Crippen LogP contribution in [0.1, 0.15) is 6.92 Å². The van der Waals surface area contributed by atoms with Gasteiger partial charge in [-0.15, -0.1) is 0 Å². The van der Waals surface area contributed by atoms with Gasteiger partial charge in [0, 0.05) is 21.3 Å². The van der Waals surface area contributed by atoms with Gasteiger partial charge in [-0.05, 0) is 18.6 Å². The maximum absolute atomic E-state index is 5.46. The highest BCUT2D eigenvalue weighted by molar-refractivity contribution is 6.60. The zero-order valence-corrected chi connectivity index (χ0v) is 12.3. The van der Waals surface area contributed by atoms with E-state index in [0.29, 0.717) is 12.8 Å². The second kappa shape index (κ2) is 5.46. The van der Waals surface area contributed by atoms with Gasteiger partial charge in [0.1, 0.15) is 0 Å². The minimum absolute atomic E-state index is 0.223. The van der Waals surface area contributed by atoms with Crippen molar-refractivity contribution in [2.24, 2.45) is 4.99 Å². The smallest absolute Gasteiger partial charge is 0.376 e. The van der Waals surface area contributed by atoms with Gasteiger partial charge >= 0.3 is 8.80 Å². The fourth-order valence-corrected chi connectivity index (χ4v) is 3.94. The lowest BCUT2D eigenvalue weighted by atomic mass is 10.0. The van der Waals surface area contributed by atoms with Crippen molar-refractivity contribution >= 4 is 14.5 Å². The summed E-state index contributed by atoms with van der Waals surface area (Å²) < 4.78 is 16.4. The molecule has 6 heteroatoms. The van der Waals surface area contributed by atoms with Crippen molar-refractivity contribution in [1.29, 1.82) is 0 Å². The molecule has 0 aromatic rings. The van der Waals surface area contributed by atoms with E-state index in [9.17, 15) is 0 Å². The average Bonchev–Trinajstić information content (AvgIpc) is 2.78. The molecule has 1 heterocycles. The molecule has 0 amide bonds. The van der Waals surface area contributed by atoms with Gasteiger partial charge in [0.2, 0.25) is 0 Å². The van der Waals surface area contributed by atoms with Crippen LogP contribution >= 0.6 is 0 Å². The largest absolute Gasteiger partial charge is 0.515 e. The molecule has 0 fully saturated rings. The minimum atomic E-state index is -2.58. The third-order valence-corrected chi connectivity index (χ3v) is 6.04. The van der Waals surface area contributed by atoms with Crippen LogP contribution in [-0.2, 0) is 13.3 Å². The van der Waals surface area contributed by atoms with E-state index in [4.69, 9.17) is 13.3 Å². The van der Waals surface area contributed by atoms with Gasteiger partial charge in [-0.3, -0.25) is 9.89 Å². The summed E-state index contributed by atoms with van der Waals surface area (Å²) in [5, 5.41) is 0. The van der Waals surface area contributed by atoms with Crippen LogP contribution in [0.4, 0.5) is 0 Å². The van der Waals surface area contributed by atoms with Gasteiger partial charge in [-0.25, -0.2) is 0 Å². The van der Waals surface area contributed by atoms with Gasteiger partial charge in [-0.2, -0.15) is 0 Å². The molecule has 1 unspecified atom stereocenters. The number of fused-ring (bicyclic) bond motifs is 1. The van der Waals surface area contributed by atoms with E-state index in [1.54, 1.807) is 21.3 Å². The van der Waals surface area contributed by atoms with Crippen molar-refractivity contribution in [1.82, 2.24) is 4.90 Å². The number of allylic oxidation sites excluding steroid dienone is 2. The number of hydrogen-bond acceptors (Lipinski definition) is 5. The van der Waals surface area contributed by atoms with Gasteiger partial charge in [-0.1, -0.05) is 12.2 Å². The summed E-state index contributed by atoms with van der Waals surface area (Å²) in [4.78, 5) is 6.77. The van der Waals surface area contributed by atoms with Crippen LogP contribution in [0.25, 0.3) is 0 Å². The van der Waals surface area contributed by atoms with Crippen molar-refractivity contribution in [2.75, 3.05) is 34.2 Å². The SMILES string of the molecule is CO[Si](CN1CN=C2C=C(C)C=CC21)(OC)OC. The standard InChI is InChI=1S/C12H20N2O3Si/c1-10-5-6-12-11(7-10)13-8-14(12)9-18(15-2,16-3)17-4/h5-7,12H,8-9H2,1-4H3. The predicted molar refractivity (Wildman–Crippen MR) is 72.5 cm³/mol. The lowest BCUT2D eigenvalue weighted by Crippen LogP contribution is -2.55. The fraction of sp³-hybridized carbons (Fsp3) is 0.583. The molecule has 1 aliphatic carbocycles. The van der Waals surface area contributed by atoms with Crippen LogP contribution in [0, 0.1) is 0 Å². The first-order chi connectivity index (χ1) is 8.64. The number of nitrogens with zero attached hydrogens (tertiary/aromatic N) is 2. The molecule has 1 atom stereocenters. The molecule has 0 radical (unpaired) electrons. The Kier molecular flexibility index (Phi) is 4.13. The molecular formula is C12H20N2O3Si. The van der Waals surface area contributed by atoms with Crippen LogP contribution in [-0.4, -0.2) is 59.6 Å². The van der Waals surface area contributed by atoms with Crippen LogP contribution < -0.4 is 0 Å². The lowest BCUT2D eigenvalue weighted by Gasteiger charge is -2.31. The summed E-state index contributed by atoms with van der Waals surface area (Å²) in [6.07, 6.45) is 7.06. The van der Waals surface area contributed by atoms with E-state index < -0.39 is 8.80 Å². The molecule has 100 valence electrons. The highest BCUT2D eigenvalue weighted by Gasteiger charge is 2.43. The Labute approximate surface area is 109 Å². The van der Waals surface area contributed by atoms with Gasteiger partial charge < -0.3 is 13.3 Å². The Balaban J connectivity index is 2.08. The topological polar surface area (TPSA) is 43.3 Å². The highest BCUT2D eigenvalue weighted by Crippen LogP contribution is 2.21. The molecular weight excluding hydrogens is 248 g/mol. The maximum atomic E-state index is 5.46. The third-order valence-electron chi connectivity index (χ3n) is 3.38. The van der Waals surface area contributed by atoms with Crippen LogP contribution in [0.3, 0.4) is 0 Å². The summed E-state index contributed by atoms with van der Waals surface area (Å²) in [6.45, 7) is 2.75. The normalized spacial score (nSPS) is 23.9. The second-order valence-corrected chi connectivity index (χ2v) is 7.37. The first kappa shape index (κ1) is 13.6. The molecule has 0 saturated heterocycles. The van der Waals surface area contributed by atoms with E-state index in [-0.39, 0.29) is 6.04 Å². The zero-order chi connectivity index (χ0) is 13.2. The molecule has 0 saturated carbocycles. The molecule has 0 bridgehead atoms. The second-order valence-electron chi connectivity index (χ2n) is 4.46. The number of rotatable bonds is 5. The first-order valence-corrected chi connectivity index (χ1v) is 7.87. The Bertz CT molecular complexity index is 394. The average molecular weight is 268 g/mol. The minimum Gasteiger partial charge on any atom is -0.376 e. The molecule has 0 N–H and O–H groups in total. The summed E-state index contributed by atoms with van der Waals surface area (Å²) in [7, 11) is 2.33. The highest BCUT2D eigenvalue weighted by atomic mass is 28.4. The van der Waals surface area contributed by atoms with Crippen molar-refractivity contribution < 1.29 is 13.3 Å². The summed E-state index contributed by atoms with van der Waals surface area (Å²) in [5.41, 5.74) is 2.35. The van der Waals surface area contributed by atoms with Crippen molar-refractivity contribution in [2.45, 2.75) is 13.0 Å². The van der Waals surface area contributed by atoms with Crippen molar-refractivity contribution in [3.8, 4) is 0 Å². The molecule has 0 spiro atoms. The van der Waals surface area contributed by atoms with E-state index in [1.807, 2.05) is 0 Å². The van der Waals surface area contributed by atoms with Crippen LogP contribution in [0.15, 0.2) is 28.8 Å². The summed E-state index contributed by atoms with van der Waals surface area (Å²) in [5.74, 6) is 0. The maximum Gasteiger partial charge on any atom is 0.515 e. The lowest BCUT2D eigenvalue weighted by molar-refractivity contribution is 0.104. The zero-order valence-electron chi connectivity index (χ0n) is 11.3. The van der Waals surface area contributed by atoms with Gasteiger partial charge in [0.15, 0.2) is 0 Å². The molecule has 2 aliphatic rings. The van der Waals surface area contributed by atoms with E-state index >= 15 is 0 Å². The summed E-state index contributed by atoms with van der Waals surface area (Å²) in [6, 6.07) is 0.223. The first-order valence-electron chi connectivity index (χ1n) is 5.94. The number of aliphatic imine (C=N–C) groups is 1. The molecule has 0 aromatic heterocycles. The quantitative estimate of drug-likeness (QED) is 0.698. The van der Waals surface area contributed by atoms with E-state index in [2.05, 4.69) is 35.0 Å². The Morgan fingerprint density at radius 2 is 2.00 bits per heavy atom. The molecule has 18 heavy (non-hydrogen) atoms. The van der Waals surface area contributed by atoms with Gasteiger partial charge in [0.25, 0.3) is 0 Å². The van der Waals surface area contributed by atoms with Crippen LogP contribution in [0.5, 0.6) is 0 Å². The molecule has 5 nitrogen and oxygen atoms in total. The van der Waals surface area contributed by atoms with Crippen LogP contribution in [0.2, 0.25) is 0 Å². The Morgan fingerprint density at radius 1 is 1.33 bits per heavy atom. The number of hydrogen-bond donors (Lipinski definition) is 0. The van der Waals surface area contributed by atoms with Crippen molar-refractivity contribution in [3.05, 3.63) is 23.8 Å². The molecule has 2 rings (SSSR count). The Hall–Kier alpha value is -0.793. The Morgan fingerprint density at radius 3 is 2.61 bits per heavy atom. The van der Waals surface area contributed by atoms with Crippen molar-refractivity contribution in [3.63, 3.8) is 0 Å². The van der Waals surface area contributed by atoms with Gasteiger partial charge in [0.05, 0.1) is 24.6 Å². The molecule has 1 aliphatic heterocycles. The third kappa shape index (κ3) is 2.48. The monoisotopic (exact) mass is 268 g/mol. The summed E-state index contributed by atoms with van der Waals surface area (Å²) >= 11 is 0. The van der Waals surface area contributed by atoms with E-state index in [1.165, 1.54) is 5.57 Å².